The Morgan fingerprint density at radius 1 is 1.26 bits per heavy atom. The van der Waals surface area contributed by atoms with Crippen molar-refractivity contribution in [3.8, 4) is 0 Å². The topological polar surface area (TPSA) is 32.3 Å². The molecule has 1 heterocycles. The maximum atomic E-state index is 12.1. The Hall–Kier alpha value is -1.22. The fourth-order valence-corrected chi connectivity index (χ4v) is 2.85. The molecule has 1 aromatic carbocycles. The summed E-state index contributed by atoms with van der Waals surface area (Å²) < 4.78 is 0. The maximum absolute atomic E-state index is 12.1. The van der Waals surface area contributed by atoms with E-state index in [-0.39, 0.29) is 6.03 Å². The smallest absolute Gasteiger partial charge is 0.317 e. The predicted octanol–water partition coefficient (Wildman–Crippen LogP) is 3.53. The molecule has 4 heteroatoms. The molecule has 104 valence electrons. The number of halogens is 1. The zero-order valence-electron chi connectivity index (χ0n) is 11.5. The second kappa shape index (κ2) is 6.29. The van der Waals surface area contributed by atoms with Gasteiger partial charge in [0.2, 0.25) is 0 Å². The molecule has 0 spiro atoms. The van der Waals surface area contributed by atoms with Crippen LogP contribution >= 0.6 is 11.6 Å². The van der Waals surface area contributed by atoms with Crippen LogP contribution in [0.3, 0.4) is 0 Å². The van der Waals surface area contributed by atoms with Gasteiger partial charge in [-0.3, -0.25) is 0 Å². The van der Waals surface area contributed by atoms with Gasteiger partial charge in [-0.25, -0.2) is 4.79 Å². The number of carbonyl (C=O) groups is 1. The van der Waals surface area contributed by atoms with Gasteiger partial charge in [0.15, 0.2) is 0 Å². The Labute approximate surface area is 119 Å². The van der Waals surface area contributed by atoms with Crippen LogP contribution in [0.5, 0.6) is 0 Å². The van der Waals surface area contributed by atoms with Crippen LogP contribution in [0.15, 0.2) is 24.3 Å². The Balaban J connectivity index is 1.85. The molecule has 1 aliphatic rings. The van der Waals surface area contributed by atoms with E-state index >= 15 is 0 Å². The fourth-order valence-electron chi connectivity index (χ4n) is 2.72. The fraction of sp³-hybridized carbons (Fsp3) is 0.533. The van der Waals surface area contributed by atoms with Crippen LogP contribution in [0, 0.1) is 11.8 Å². The number of piperidine rings is 1. The number of rotatable bonds is 2. The molecule has 3 nitrogen and oxygen atoms in total. The predicted molar refractivity (Wildman–Crippen MR) is 78.2 cm³/mol. The molecule has 1 aliphatic heterocycles. The van der Waals surface area contributed by atoms with E-state index in [4.69, 9.17) is 11.6 Å². The van der Waals surface area contributed by atoms with Crippen molar-refractivity contribution >= 4 is 17.6 Å². The van der Waals surface area contributed by atoms with Crippen LogP contribution in [-0.4, -0.2) is 24.0 Å². The number of nitrogens with one attached hydrogen (secondary N) is 1. The van der Waals surface area contributed by atoms with Gasteiger partial charge in [-0.1, -0.05) is 37.6 Å². The average Bonchev–Trinajstić information content (AvgIpc) is 2.36. The van der Waals surface area contributed by atoms with E-state index in [9.17, 15) is 4.79 Å². The number of amides is 2. The molecule has 2 atom stereocenters. The molecule has 1 saturated heterocycles. The van der Waals surface area contributed by atoms with Crippen LogP contribution < -0.4 is 5.32 Å². The molecule has 1 aromatic rings. The van der Waals surface area contributed by atoms with Crippen molar-refractivity contribution < 1.29 is 4.79 Å². The summed E-state index contributed by atoms with van der Waals surface area (Å²) in [4.78, 5) is 14.0. The number of benzene rings is 1. The van der Waals surface area contributed by atoms with Crippen molar-refractivity contribution in [2.75, 3.05) is 13.1 Å². The van der Waals surface area contributed by atoms with E-state index in [0.29, 0.717) is 23.4 Å². The molecule has 0 aromatic heterocycles. The summed E-state index contributed by atoms with van der Waals surface area (Å²) in [6.07, 6.45) is 1.21. The van der Waals surface area contributed by atoms with Crippen molar-refractivity contribution in [3.63, 3.8) is 0 Å². The van der Waals surface area contributed by atoms with Gasteiger partial charge in [-0.05, 0) is 36.0 Å². The van der Waals surface area contributed by atoms with Crippen molar-refractivity contribution in [1.29, 1.82) is 0 Å². The van der Waals surface area contributed by atoms with Gasteiger partial charge in [0, 0.05) is 24.7 Å². The van der Waals surface area contributed by atoms with Crippen molar-refractivity contribution in [3.05, 3.63) is 34.9 Å². The molecule has 1 N–H and O–H groups in total. The lowest BCUT2D eigenvalue weighted by molar-refractivity contribution is 0.146. The molecule has 0 bridgehead atoms. The summed E-state index contributed by atoms with van der Waals surface area (Å²) in [6.45, 7) is 6.67. The monoisotopic (exact) mass is 280 g/mol. The summed E-state index contributed by atoms with van der Waals surface area (Å²) >= 11 is 5.83. The first kappa shape index (κ1) is 14.2. The minimum Gasteiger partial charge on any atom is -0.334 e. The number of urea groups is 1. The minimum atomic E-state index is 0.0355. The molecule has 0 radical (unpaired) electrons. The SMILES string of the molecule is CC1CC(C)CN(C(=O)NCc2ccc(Cl)cc2)C1. The summed E-state index contributed by atoms with van der Waals surface area (Å²) in [7, 11) is 0. The van der Waals surface area contributed by atoms with Crippen LogP contribution in [0.1, 0.15) is 25.8 Å². The van der Waals surface area contributed by atoms with Gasteiger partial charge in [0.05, 0.1) is 0 Å². The number of carbonyl (C=O) groups excluding carboxylic acids is 1. The zero-order valence-corrected chi connectivity index (χ0v) is 12.3. The number of nitrogens with zero attached hydrogens (tertiary/aromatic N) is 1. The molecule has 2 unspecified atom stereocenters. The van der Waals surface area contributed by atoms with E-state index in [1.807, 2.05) is 29.2 Å². The highest BCUT2D eigenvalue weighted by atomic mass is 35.5. The third kappa shape index (κ3) is 4.13. The van der Waals surface area contributed by atoms with E-state index < -0.39 is 0 Å². The van der Waals surface area contributed by atoms with Gasteiger partial charge in [-0.2, -0.15) is 0 Å². The van der Waals surface area contributed by atoms with Crippen molar-refractivity contribution in [2.45, 2.75) is 26.8 Å². The zero-order chi connectivity index (χ0) is 13.8. The average molecular weight is 281 g/mol. The van der Waals surface area contributed by atoms with E-state index in [0.717, 1.165) is 18.7 Å². The number of likely N-dealkylation sites (tertiary alicyclic amines) is 1. The lowest BCUT2D eigenvalue weighted by atomic mass is 9.92. The van der Waals surface area contributed by atoms with Gasteiger partial charge in [0.25, 0.3) is 0 Å². The summed E-state index contributed by atoms with van der Waals surface area (Å²) in [5.74, 6) is 1.18. The molecule has 0 saturated carbocycles. The van der Waals surface area contributed by atoms with Crippen molar-refractivity contribution in [1.82, 2.24) is 10.2 Å². The van der Waals surface area contributed by atoms with Crippen molar-refractivity contribution in [2.24, 2.45) is 11.8 Å². The highest BCUT2D eigenvalue weighted by molar-refractivity contribution is 6.30. The first-order chi connectivity index (χ1) is 9.04. The Morgan fingerprint density at radius 2 is 1.84 bits per heavy atom. The Kier molecular flexibility index (Phi) is 4.70. The van der Waals surface area contributed by atoms with Crippen LogP contribution in [0.25, 0.3) is 0 Å². The van der Waals surface area contributed by atoms with E-state index in [1.54, 1.807) is 0 Å². The van der Waals surface area contributed by atoms with Gasteiger partial charge < -0.3 is 10.2 Å². The first-order valence-electron chi connectivity index (χ1n) is 6.82. The van der Waals surface area contributed by atoms with Gasteiger partial charge in [0.1, 0.15) is 0 Å². The summed E-state index contributed by atoms with van der Waals surface area (Å²) in [6, 6.07) is 7.59. The molecule has 2 rings (SSSR count). The van der Waals surface area contributed by atoms with Gasteiger partial charge in [-0.15, -0.1) is 0 Å². The molecule has 19 heavy (non-hydrogen) atoms. The normalized spacial score (nSPS) is 23.2. The summed E-state index contributed by atoms with van der Waals surface area (Å²) in [5.41, 5.74) is 1.07. The van der Waals surface area contributed by atoms with Crippen LogP contribution in [0.4, 0.5) is 4.79 Å². The highest BCUT2D eigenvalue weighted by Gasteiger charge is 2.24. The number of hydrogen-bond donors (Lipinski definition) is 1. The van der Waals surface area contributed by atoms with E-state index in [1.165, 1.54) is 6.42 Å². The first-order valence-corrected chi connectivity index (χ1v) is 7.19. The van der Waals surface area contributed by atoms with Gasteiger partial charge >= 0.3 is 6.03 Å². The lowest BCUT2D eigenvalue weighted by Gasteiger charge is -2.34. The second-order valence-corrected chi connectivity index (χ2v) is 6.07. The van der Waals surface area contributed by atoms with Crippen LogP contribution in [0.2, 0.25) is 5.02 Å². The third-order valence-corrected chi connectivity index (χ3v) is 3.77. The largest absolute Gasteiger partial charge is 0.334 e. The molecular weight excluding hydrogens is 260 g/mol. The number of hydrogen-bond acceptors (Lipinski definition) is 1. The van der Waals surface area contributed by atoms with E-state index in [2.05, 4.69) is 19.2 Å². The maximum Gasteiger partial charge on any atom is 0.317 e. The van der Waals surface area contributed by atoms with Crippen LogP contribution in [-0.2, 0) is 6.54 Å². The third-order valence-electron chi connectivity index (χ3n) is 3.51. The summed E-state index contributed by atoms with van der Waals surface area (Å²) in [5, 5.41) is 3.69. The molecule has 2 amide bonds. The second-order valence-electron chi connectivity index (χ2n) is 5.64. The Bertz CT molecular complexity index is 422. The standard InChI is InChI=1S/C15H21ClN2O/c1-11-7-12(2)10-18(9-11)15(19)17-8-13-3-5-14(16)6-4-13/h3-6,11-12H,7-10H2,1-2H3,(H,17,19). The molecular formula is C15H21ClN2O. The quantitative estimate of drug-likeness (QED) is 0.883. The highest BCUT2D eigenvalue weighted by Crippen LogP contribution is 2.20. The lowest BCUT2D eigenvalue weighted by Crippen LogP contribution is -2.47. The molecule has 0 aliphatic carbocycles. The molecule has 1 fully saturated rings. The Morgan fingerprint density at radius 3 is 2.42 bits per heavy atom. The minimum absolute atomic E-state index is 0.0355.